The minimum absolute atomic E-state index is 0.209. The molecule has 19 heavy (non-hydrogen) atoms. The standard InChI is InChI=1S/C13H17N3O3/c1-9-5-6-10(11(7-9)17-4)18-8-12-14-13(15-19-12)16(2)3/h5-7H,8H2,1-4H3. The van der Waals surface area contributed by atoms with Gasteiger partial charge in [0.25, 0.3) is 11.8 Å². The number of aromatic nitrogens is 2. The summed E-state index contributed by atoms with van der Waals surface area (Å²) in [5, 5.41) is 3.81. The molecule has 0 bridgehead atoms. The monoisotopic (exact) mass is 263 g/mol. The molecular formula is C13H17N3O3. The SMILES string of the molecule is COc1cc(C)ccc1OCc1nc(N(C)C)no1. The molecule has 0 aliphatic heterocycles. The lowest BCUT2D eigenvalue weighted by Crippen LogP contribution is -2.10. The Kier molecular flexibility index (Phi) is 3.89. The van der Waals surface area contributed by atoms with Gasteiger partial charge in [-0.25, -0.2) is 0 Å². The van der Waals surface area contributed by atoms with Crippen LogP contribution in [0.3, 0.4) is 0 Å². The van der Waals surface area contributed by atoms with Crippen molar-refractivity contribution in [1.29, 1.82) is 0 Å². The van der Waals surface area contributed by atoms with E-state index in [1.165, 1.54) is 0 Å². The van der Waals surface area contributed by atoms with Crippen molar-refractivity contribution in [2.24, 2.45) is 0 Å². The van der Waals surface area contributed by atoms with E-state index in [-0.39, 0.29) is 6.61 Å². The van der Waals surface area contributed by atoms with E-state index in [4.69, 9.17) is 14.0 Å². The molecule has 0 atom stereocenters. The van der Waals surface area contributed by atoms with Crippen LogP contribution in [0.4, 0.5) is 5.95 Å². The molecule has 1 heterocycles. The molecule has 0 saturated heterocycles. The van der Waals surface area contributed by atoms with Gasteiger partial charge in [-0.1, -0.05) is 6.07 Å². The number of hydrogen-bond donors (Lipinski definition) is 0. The fourth-order valence-corrected chi connectivity index (χ4v) is 1.52. The van der Waals surface area contributed by atoms with E-state index in [0.29, 0.717) is 23.3 Å². The smallest absolute Gasteiger partial charge is 0.266 e. The molecule has 102 valence electrons. The van der Waals surface area contributed by atoms with Crippen molar-refractivity contribution in [2.75, 3.05) is 26.1 Å². The second-order valence-electron chi connectivity index (χ2n) is 4.33. The van der Waals surface area contributed by atoms with Gasteiger partial charge in [0.05, 0.1) is 7.11 Å². The van der Waals surface area contributed by atoms with E-state index in [0.717, 1.165) is 5.56 Å². The number of anilines is 1. The third-order valence-electron chi connectivity index (χ3n) is 2.53. The van der Waals surface area contributed by atoms with E-state index in [1.54, 1.807) is 12.0 Å². The average molecular weight is 263 g/mol. The van der Waals surface area contributed by atoms with Gasteiger partial charge in [0.2, 0.25) is 0 Å². The van der Waals surface area contributed by atoms with Gasteiger partial charge in [-0.2, -0.15) is 4.98 Å². The Hall–Kier alpha value is -2.24. The maximum atomic E-state index is 5.62. The van der Waals surface area contributed by atoms with Crippen LogP contribution < -0.4 is 14.4 Å². The lowest BCUT2D eigenvalue weighted by atomic mass is 10.2. The van der Waals surface area contributed by atoms with Crippen LogP contribution in [0.25, 0.3) is 0 Å². The summed E-state index contributed by atoms with van der Waals surface area (Å²) in [5.74, 6) is 2.28. The lowest BCUT2D eigenvalue weighted by molar-refractivity contribution is 0.233. The number of methoxy groups -OCH3 is 1. The van der Waals surface area contributed by atoms with Crippen molar-refractivity contribution in [3.05, 3.63) is 29.7 Å². The van der Waals surface area contributed by atoms with Crippen LogP contribution in [0.15, 0.2) is 22.7 Å². The molecule has 0 aliphatic carbocycles. The van der Waals surface area contributed by atoms with Crippen LogP contribution in [0, 0.1) is 6.92 Å². The summed E-state index contributed by atoms with van der Waals surface area (Å²) in [7, 11) is 5.30. The van der Waals surface area contributed by atoms with Crippen molar-refractivity contribution in [3.8, 4) is 11.5 Å². The van der Waals surface area contributed by atoms with E-state index in [9.17, 15) is 0 Å². The van der Waals surface area contributed by atoms with E-state index in [2.05, 4.69) is 10.1 Å². The Morgan fingerprint density at radius 3 is 2.68 bits per heavy atom. The summed E-state index contributed by atoms with van der Waals surface area (Å²) < 4.78 is 16.0. The van der Waals surface area contributed by atoms with Gasteiger partial charge in [-0.3, -0.25) is 0 Å². The van der Waals surface area contributed by atoms with Gasteiger partial charge in [0.15, 0.2) is 18.1 Å². The third-order valence-corrected chi connectivity index (χ3v) is 2.53. The minimum Gasteiger partial charge on any atom is -0.493 e. The highest BCUT2D eigenvalue weighted by atomic mass is 16.5. The summed E-state index contributed by atoms with van der Waals surface area (Å²) in [6, 6.07) is 5.72. The third kappa shape index (κ3) is 3.15. The van der Waals surface area contributed by atoms with E-state index in [1.807, 2.05) is 39.2 Å². The van der Waals surface area contributed by atoms with Crippen molar-refractivity contribution >= 4 is 5.95 Å². The maximum Gasteiger partial charge on any atom is 0.266 e. The van der Waals surface area contributed by atoms with Gasteiger partial charge >= 0.3 is 0 Å². The van der Waals surface area contributed by atoms with Crippen molar-refractivity contribution in [2.45, 2.75) is 13.5 Å². The van der Waals surface area contributed by atoms with Crippen LogP contribution >= 0.6 is 0 Å². The number of benzene rings is 1. The highest BCUT2D eigenvalue weighted by Crippen LogP contribution is 2.28. The number of rotatable bonds is 5. The number of nitrogens with zero attached hydrogens (tertiary/aromatic N) is 3. The molecule has 0 unspecified atom stereocenters. The first-order chi connectivity index (χ1) is 9.10. The maximum absolute atomic E-state index is 5.62. The average Bonchev–Trinajstić information content (AvgIpc) is 2.86. The second-order valence-corrected chi connectivity index (χ2v) is 4.33. The van der Waals surface area contributed by atoms with Gasteiger partial charge in [-0.05, 0) is 29.8 Å². The number of aryl methyl sites for hydroxylation is 1. The first-order valence-corrected chi connectivity index (χ1v) is 5.87. The van der Waals surface area contributed by atoms with E-state index >= 15 is 0 Å². The predicted molar refractivity (Wildman–Crippen MR) is 70.7 cm³/mol. The molecule has 0 aliphatic rings. The van der Waals surface area contributed by atoms with Crippen LogP contribution in [0.1, 0.15) is 11.5 Å². The normalized spacial score (nSPS) is 10.3. The first kappa shape index (κ1) is 13.2. The Labute approximate surface area is 111 Å². The Morgan fingerprint density at radius 1 is 1.26 bits per heavy atom. The molecule has 0 amide bonds. The second kappa shape index (κ2) is 5.60. The van der Waals surface area contributed by atoms with Gasteiger partial charge in [-0.15, -0.1) is 0 Å². The highest BCUT2D eigenvalue weighted by molar-refractivity contribution is 5.42. The van der Waals surface area contributed by atoms with Gasteiger partial charge in [0, 0.05) is 14.1 Å². The Bertz CT molecular complexity index is 552. The largest absolute Gasteiger partial charge is 0.493 e. The van der Waals surface area contributed by atoms with Crippen LogP contribution in [0.2, 0.25) is 0 Å². The fourth-order valence-electron chi connectivity index (χ4n) is 1.52. The van der Waals surface area contributed by atoms with Crippen LogP contribution in [-0.4, -0.2) is 31.3 Å². The van der Waals surface area contributed by atoms with Crippen LogP contribution in [0.5, 0.6) is 11.5 Å². The molecule has 0 radical (unpaired) electrons. The van der Waals surface area contributed by atoms with Gasteiger partial charge in [0.1, 0.15) is 0 Å². The summed E-state index contributed by atoms with van der Waals surface area (Å²) in [4.78, 5) is 5.94. The lowest BCUT2D eigenvalue weighted by Gasteiger charge is -2.09. The van der Waals surface area contributed by atoms with Crippen molar-refractivity contribution in [1.82, 2.24) is 10.1 Å². The first-order valence-electron chi connectivity index (χ1n) is 5.87. The minimum atomic E-state index is 0.209. The van der Waals surface area contributed by atoms with Crippen molar-refractivity contribution < 1.29 is 14.0 Å². The summed E-state index contributed by atoms with van der Waals surface area (Å²) in [6.07, 6.45) is 0. The predicted octanol–water partition coefficient (Wildman–Crippen LogP) is 2.03. The zero-order chi connectivity index (χ0) is 13.8. The molecule has 2 aromatic rings. The molecule has 0 fully saturated rings. The molecule has 0 spiro atoms. The quantitative estimate of drug-likeness (QED) is 0.822. The molecule has 0 N–H and O–H groups in total. The summed E-state index contributed by atoms with van der Waals surface area (Å²) in [6.45, 7) is 2.20. The molecule has 2 rings (SSSR count). The molecular weight excluding hydrogens is 246 g/mol. The highest BCUT2D eigenvalue weighted by Gasteiger charge is 2.10. The Morgan fingerprint density at radius 2 is 2.05 bits per heavy atom. The molecule has 1 aromatic heterocycles. The molecule has 6 heteroatoms. The van der Waals surface area contributed by atoms with E-state index < -0.39 is 0 Å². The number of ether oxygens (including phenoxy) is 2. The van der Waals surface area contributed by atoms with Crippen molar-refractivity contribution in [3.63, 3.8) is 0 Å². The topological polar surface area (TPSA) is 60.6 Å². The zero-order valence-corrected chi connectivity index (χ0v) is 11.5. The molecule has 1 aromatic carbocycles. The number of hydrogen-bond acceptors (Lipinski definition) is 6. The summed E-state index contributed by atoms with van der Waals surface area (Å²) in [5.41, 5.74) is 1.11. The summed E-state index contributed by atoms with van der Waals surface area (Å²) >= 11 is 0. The zero-order valence-electron chi connectivity index (χ0n) is 11.5. The Balaban J connectivity index is 2.05. The molecule has 6 nitrogen and oxygen atoms in total. The molecule has 0 saturated carbocycles. The van der Waals surface area contributed by atoms with Crippen LogP contribution in [-0.2, 0) is 6.61 Å². The van der Waals surface area contributed by atoms with Gasteiger partial charge < -0.3 is 18.9 Å². The fraction of sp³-hybridized carbons (Fsp3) is 0.385.